The van der Waals surface area contributed by atoms with Crippen LogP contribution in [0.5, 0.6) is 0 Å². The molecule has 62 valence electrons. The van der Waals surface area contributed by atoms with E-state index in [1.54, 1.807) is 12.4 Å². The highest BCUT2D eigenvalue weighted by Gasteiger charge is 2.04. The van der Waals surface area contributed by atoms with Crippen LogP contribution in [0, 0.1) is 0 Å². The van der Waals surface area contributed by atoms with E-state index in [1.807, 2.05) is 6.07 Å². The van der Waals surface area contributed by atoms with Gasteiger partial charge in [-0.1, -0.05) is 13.8 Å². The molecule has 0 saturated heterocycles. The number of nitrogens with zero attached hydrogens (tertiary/aromatic N) is 2. The summed E-state index contributed by atoms with van der Waals surface area (Å²) in [6.07, 6.45) is 3.41. The minimum absolute atomic E-state index is 0.501. The van der Waals surface area contributed by atoms with Crippen molar-refractivity contribution in [1.29, 1.82) is 0 Å². The van der Waals surface area contributed by atoms with Crippen LogP contribution in [-0.2, 0) is 0 Å². The Kier molecular flexibility index (Phi) is 1.57. The summed E-state index contributed by atoms with van der Waals surface area (Å²) in [5, 5.41) is 0. The third kappa shape index (κ3) is 1.07. The Balaban J connectivity index is 2.62. The highest BCUT2D eigenvalue weighted by atomic mass is 14.9. The van der Waals surface area contributed by atoms with Crippen LogP contribution in [0.3, 0.4) is 0 Å². The quantitative estimate of drug-likeness (QED) is 0.695. The first-order valence-electron chi connectivity index (χ1n) is 4.07. The number of aromatic nitrogens is 3. The van der Waals surface area contributed by atoms with Crippen molar-refractivity contribution in [3.8, 4) is 0 Å². The molecule has 2 aromatic heterocycles. The molecule has 0 atom stereocenters. The molecule has 0 aromatic carbocycles. The minimum atomic E-state index is 0.501. The molecular formula is C9H11N3. The van der Waals surface area contributed by atoms with E-state index in [4.69, 9.17) is 0 Å². The predicted molar refractivity (Wildman–Crippen MR) is 48.0 cm³/mol. The van der Waals surface area contributed by atoms with E-state index < -0.39 is 0 Å². The first kappa shape index (κ1) is 7.28. The van der Waals surface area contributed by atoms with E-state index in [0.717, 1.165) is 11.2 Å². The average Bonchev–Trinajstić information content (AvgIpc) is 2.46. The van der Waals surface area contributed by atoms with Crippen molar-refractivity contribution in [2.24, 2.45) is 0 Å². The third-order valence-electron chi connectivity index (χ3n) is 1.90. The molecule has 2 rings (SSSR count). The summed E-state index contributed by atoms with van der Waals surface area (Å²) in [4.78, 5) is 11.6. The smallest absolute Gasteiger partial charge is 0.156 e. The SMILES string of the molecule is CC(C)c1cc2nccnc2[nH]1. The second-order valence-corrected chi connectivity index (χ2v) is 3.17. The van der Waals surface area contributed by atoms with Crippen LogP contribution >= 0.6 is 0 Å². The molecule has 3 nitrogen and oxygen atoms in total. The van der Waals surface area contributed by atoms with Crippen LogP contribution in [0.1, 0.15) is 25.5 Å². The summed E-state index contributed by atoms with van der Waals surface area (Å²) in [5.74, 6) is 0.501. The van der Waals surface area contributed by atoms with Gasteiger partial charge in [0.15, 0.2) is 5.65 Å². The van der Waals surface area contributed by atoms with Gasteiger partial charge in [-0.25, -0.2) is 4.98 Å². The molecule has 0 aliphatic rings. The zero-order chi connectivity index (χ0) is 8.55. The van der Waals surface area contributed by atoms with E-state index in [1.165, 1.54) is 5.69 Å². The maximum atomic E-state index is 4.19. The minimum Gasteiger partial charge on any atom is -0.342 e. The predicted octanol–water partition coefficient (Wildman–Crippen LogP) is 2.08. The van der Waals surface area contributed by atoms with Crippen LogP contribution in [0.4, 0.5) is 0 Å². The molecule has 1 N–H and O–H groups in total. The van der Waals surface area contributed by atoms with Gasteiger partial charge in [-0.3, -0.25) is 4.98 Å². The number of rotatable bonds is 1. The van der Waals surface area contributed by atoms with Gasteiger partial charge in [-0.05, 0) is 12.0 Å². The van der Waals surface area contributed by atoms with Crippen LogP contribution in [0.25, 0.3) is 11.2 Å². The first-order chi connectivity index (χ1) is 5.77. The molecule has 0 radical (unpaired) electrons. The molecule has 0 bridgehead atoms. The van der Waals surface area contributed by atoms with Crippen molar-refractivity contribution < 1.29 is 0 Å². The Morgan fingerprint density at radius 3 is 2.67 bits per heavy atom. The second kappa shape index (κ2) is 2.59. The van der Waals surface area contributed by atoms with Crippen LogP contribution in [-0.4, -0.2) is 15.0 Å². The molecule has 3 heteroatoms. The van der Waals surface area contributed by atoms with Crippen molar-refractivity contribution >= 4 is 11.2 Å². The van der Waals surface area contributed by atoms with Crippen molar-refractivity contribution in [3.63, 3.8) is 0 Å². The third-order valence-corrected chi connectivity index (χ3v) is 1.90. The molecule has 0 aliphatic carbocycles. The number of hydrogen-bond donors (Lipinski definition) is 1. The van der Waals surface area contributed by atoms with Crippen molar-refractivity contribution in [3.05, 3.63) is 24.2 Å². The molecule has 2 heterocycles. The normalized spacial score (nSPS) is 11.2. The lowest BCUT2D eigenvalue weighted by atomic mass is 10.1. The molecule has 0 saturated carbocycles. The van der Waals surface area contributed by atoms with Gasteiger partial charge in [-0.15, -0.1) is 0 Å². The Morgan fingerprint density at radius 2 is 2.00 bits per heavy atom. The fraction of sp³-hybridized carbons (Fsp3) is 0.333. The second-order valence-electron chi connectivity index (χ2n) is 3.17. The molecule has 0 spiro atoms. The summed E-state index contributed by atoms with van der Waals surface area (Å²) < 4.78 is 0. The number of fused-ring (bicyclic) bond motifs is 1. The molecule has 0 unspecified atom stereocenters. The lowest BCUT2D eigenvalue weighted by Gasteiger charge is -1.97. The topological polar surface area (TPSA) is 41.6 Å². The maximum Gasteiger partial charge on any atom is 0.156 e. The monoisotopic (exact) mass is 161 g/mol. The fourth-order valence-electron chi connectivity index (χ4n) is 1.18. The summed E-state index contributed by atoms with van der Waals surface area (Å²) in [7, 11) is 0. The van der Waals surface area contributed by atoms with Crippen LogP contribution in [0.2, 0.25) is 0 Å². The zero-order valence-corrected chi connectivity index (χ0v) is 7.20. The van der Waals surface area contributed by atoms with Gasteiger partial charge in [0, 0.05) is 18.1 Å². The molecule has 2 aromatic rings. The molecule has 0 aliphatic heterocycles. The Bertz CT molecular complexity index is 356. The highest BCUT2D eigenvalue weighted by Crippen LogP contribution is 2.16. The lowest BCUT2D eigenvalue weighted by molar-refractivity contribution is 0.835. The molecular weight excluding hydrogens is 150 g/mol. The van der Waals surface area contributed by atoms with Gasteiger partial charge in [0.05, 0.1) is 0 Å². The number of hydrogen-bond acceptors (Lipinski definition) is 2. The van der Waals surface area contributed by atoms with Gasteiger partial charge in [0.25, 0.3) is 0 Å². The van der Waals surface area contributed by atoms with Crippen molar-refractivity contribution in [2.45, 2.75) is 19.8 Å². The van der Waals surface area contributed by atoms with E-state index in [9.17, 15) is 0 Å². The summed E-state index contributed by atoms with van der Waals surface area (Å²) in [6, 6.07) is 2.05. The highest BCUT2D eigenvalue weighted by molar-refractivity contribution is 5.71. The Morgan fingerprint density at radius 1 is 1.25 bits per heavy atom. The van der Waals surface area contributed by atoms with Crippen molar-refractivity contribution in [2.75, 3.05) is 0 Å². The van der Waals surface area contributed by atoms with Gasteiger partial charge in [0.1, 0.15) is 5.52 Å². The largest absolute Gasteiger partial charge is 0.342 e. The van der Waals surface area contributed by atoms with Gasteiger partial charge < -0.3 is 4.98 Å². The first-order valence-corrected chi connectivity index (χ1v) is 4.07. The number of H-pyrrole nitrogens is 1. The standard InChI is InChI=1S/C9H11N3/c1-6(2)7-5-8-9(12-7)11-4-3-10-8/h3-6H,1-2H3,(H,11,12). The van der Waals surface area contributed by atoms with Gasteiger partial charge in [-0.2, -0.15) is 0 Å². The van der Waals surface area contributed by atoms with E-state index in [-0.39, 0.29) is 0 Å². The number of aromatic amines is 1. The maximum absolute atomic E-state index is 4.19. The zero-order valence-electron chi connectivity index (χ0n) is 7.20. The van der Waals surface area contributed by atoms with E-state index >= 15 is 0 Å². The van der Waals surface area contributed by atoms with Gasteiger partial charge in [0.2, 0.25) is 0 Å². The summed E-state index contributed by atoms with van der Waals surface area (Å²) in [6.45, 7) is 4.29. The lowest BCUT2D eigenvalue weighted by Crippen LogP contribution is -1.85. The van der Waals surface area contributed by atoms with E-state index in [2.05, 4.69) is 28.8 Å². The average molecular weight is 161 g/mol. The van der Waals surface area contributed by atoms with Crippen LogP contribution < -0.4 is 0 Å². The number of nitrogens with one attached hydrogen (secondary N) is 1. The summed E-state index contributed by atoms with van der Waals surface area (Å²) >= 11 is 0. The molecule has 0 fully saturated rings. The van der Waals surface area contributed by atoms with Gasteiger partial charge >= 0.3 is 0 Å². The van der Waals surface area contributed by atoms with Crippen LogP contribution in [0.15, 0.2) is 18.5 Å². The van der Waals surface area contributed by atoms with E-state index in [0.29, 0.717) is 5.92 Å². The molecule has 0 amide bonds. The Hall–Kier alpha value is -1.38. The fourth-order valence-corrected chi connectivity index (χ4v) is 1.18. The Labute approximate surface area is 70.9 Å². The molecule has 12 heavy (non-hydrogen) atoms. The van der Waals surface area contributed by atoms with Crippen molar-refractivity contribution in [1.82, 2.24) is 15.0 Å². The summed E-state index contributed by atoms with van der Waals surface area (Å²) in [5.41, 5.74) is 3.01.